The van der Waals surface area contributed by atoms with Gasteiger partial charge in [-0.3, -0.25) is 14.4 Å². The van der Waals surface area contributed by atoms with E-state index < -0.39 is 28.7 Å². The quantitative estimate of drug-likeness (QED) is 0.442. The van der Waals surface area contributed by atoms with Gasteiger partial charge in [0, 0.05) is 36.8 Å². The molecule has 0 radical (unpaired) electrons. The van der Waals surface area contributed by atoms with Gasteiger partial charge in [-0.15, -0.1) is 11.8 Å². The second-order valence-corrected chi connectivity index (χ2v) is 12.2. The lowest BCUT2D eigenvalue weighted by atomic mass is 9.70. The number of benzene rings is 1. The number of carbonyl (C=O) groups excluding carboxylic acids is 3. The molecule has 6 atom stereocenters. The molecular formula is C27H40N4O4S. The molecule has 3 fully saturated rings. The first-order valence-corrected chi connectivity index (χ1v) is 14.1. The van der Waals surface area contributed by atoms with Gasteiger partial charge in [0.15, 0.2) is 0 Å². The van der Waals surface area contributed by atoms with Crippen molar-refractivity contribution in [3.05, 3.63) is 24.3 Å². The van der Waals surface area contributed by atoms with Crippen LogP contribution >= 0.6 is 11.8 Å². The fraction of sp³-hybridized carbons (Fsp3) is 0.667. The number of likely N-dealkylation sites (tertiary alicyclic amines) is 1. The average molecular weight is 517 g/mol. The molecule has 3 aliphatic rings. The van der Waals surface area contributed by atoms with Crippen molar-refractivity contribution in [2.45, 2.75) is 69.0 Å². The van der Waals surface area contributed by atoms with Crippen LogP contribution < -0.4 is 15.5 Å². The second-order valence-electron chi connectivity index (χ2n) is 10.6. The lowest BCUT2D eigenvalue weighted by Gasteiger charge is -2.37. The van der Waals surface area contributed by atoms with E-state index in [9.17, 15) is 19.5 Å². The molecule has 36 heavy (non-hydrogen) atoms. The summed E-state index contributed by atoms with van der Waals surface area (Å²) in [7, 11) is 1.60. The number of rotatable bonds is 10. The highest BCUT2D eigenvalue weighted by molar-refractivity contribution is 8.02. The summed E-state index contributed by atoms with van der Waals surface area (Å²) in [6, 6.07) is 6.57. The number of amides is 3. The average Bonchev–Trinajstić information content (AvgIpc) is 3.51. The summed E-state index contributed by atoms with van der Waals surface area (Å²) >= 11 is 1.64. The maximum atomic E-state index is 14.0. The van der Waals surface area contributed by atoms with Gasteiger partial charge in [-0.25, -0.2) is 0 Å². The highest BCUT2D eigenvalue weighted by Gasteiger charge is 2.74. The number of fused-ring (bicyclic) bond motifs is 1. The molecular weight excluding hydrogens is 476 g/mol. The molecule has 8 nitrogen and oxygen atoms in total. The zero-order chi connectivity index (χ0) is 26.2. The Kier molecular flexibility index (Phi) is 7.90. The number of nitrogens with one attached hydrogen (secondary N) is 2. The molecule has 0 saturated carbocycles. The van der Waals surface area contributed by atoms with Gasteiger partial charge in [0.2, 0.25) is 17.7 Å². The number of aliphatic hydroxyl groups is 1. The maximum absolute atomic E-state index is 14.0. The van der Waals surface area contributed by atoms with E-state index in [1.165, 1.54) is 0 Å². The molecule has 0 aliphatic carbocycles. The van der Waals surface area contributed by atoms with Crippen molar-refractivity contribution in [2.75, 3.05) is 37.0 Å². The first-order valence-electron chi connectivity index (χ1n) is 13.2. The van der Waals surface area contributed by atoms with Crippen molar-refractivity contribution in [3.63, 3.8) is 0 Å². The minimum Gasteiger partial charge on any atom is -0.394 e. The largest absolute Gasteiger partial charge is 0.394 e. The zero-order valence-corrected chi connectivity index (χ0v) is 22.8. The summed E-state index contributed by atoms with van der Waals surface area (Å²) in [6.07, 6.45) is 2.10. The standard InChI is InChI=1S/C27H40N4O4S/c1-6-30(7-2)18-10-8-17(9-11-18)29-25(34)23-27-13-12-20(36-27)21(24(33)28-5)22(27)26(35)31(23)19(15-32)14-16(3)4/h8-11,16,19-23,32H,6-7,12-15H2,1-5H3,(H,28,33)(H,29,34)/t19-,20-,21+,22+,23?,27?/m1/s1. The smallest absolute Gasteiger partial charge is 0.248 e. The van der Waals surface area contributed by atoms with Crippen molar-refractivity contribution in [1.82, 2.24) is 10.2 Å². The summed E-state index contributed by atoms with van der Waals surface area (Å²) in [5.41, 5.74) is 1.76. The van der Waals surface area contributed by atoms with Gasteiger partial charge in [0.25, 0.3) is 0 Å². The molecule has 2 unspecified atom stereocenters. The van der Waals surface area contributed by atoms with Gasteiger partial charge in [-0.2, -0.15) is 0 Å². The molecule has 198 valence electrons. The molecule has 9 heteroatoms. The fourth-order valence-electron chi connectivity index (χ4n) is 6.63. The van der Waals surface area contributed by atoms with E-state index in [1.54, 1.807) is 23.7 Å². The molecule has 1 aromatic rings. The van der Waals surface area contributed by atoms with Crippen molar-refractivity contribution in [1.29, 1.82) is 0 Å². The van der Waals surface area contributed by atoms with E-state index in [0.29, 0.717) is 18.5 Å². The Labute approximate surface area is 218 Å². The number of hydrogen-bond donors (Lipinski definition) is 3. The van der Waals surface area contributed by atoms with E-state index >= 15 is 0 Å². The predicted molar refractivity (Wildman–Crippen MR) is 144 cm³/mol. The molecule has 3 saturated heterocycles. The first-order chi connectivity index (χ1) is 17.2. The molecule has 3 heterocycles. The Morgan fingerprint density at radius 1 is 1.19 bits per heavy atom. The van der Waals surface area contributed by atoms with Crippen molar-refractivity contribution < 1.29 is 19.5 Å². The summed E-state index contributed by atoms with van der Waals surface area (Å²) in [5.74, 6) is -1.31. The highest BCUT2D eigenvalue weighted by Crippen LogP contribution is 2.66. The van der Waals surface area contributed by atoms with Crippen LogP contribution in [0, 0.1) is 17.8 Å². The van der Waals surface area contributed by atoms with E-state index in [-0.39, 0.29) is 35.5 Å². The Balaban J connectivity index is 1.68. The van der Waals surface area contributed by atoms with Gasteiger partial charge in [0.05, 0.1) is 29.2 Å². The van der Waals surface area contributed by atoms with Crippen LogP contribution in [0.3, 0.4) is 0 Å². The summed E-state index contributed by atoms with van der Waals surface area (Å²) in [6.45, 7) is 9.88. The summed E-state index contributed by atoms with van der Waals surface area (Å²) in [4.78, 5) is 44.7. The van der Waals surface area contributed by atoms with Crippen LogP contribution in [0.25, 0.3) is 0 Å². The Morgan fingerprint density at radius 3 is 2.42 bits per heavy atom. The predicted octanol–water partition coefficient (Wildman–Crippen LogP) is 2.72. The third kappa shape index (κ3) is 4.38. The number of nitrogens with zero attached hydrogens (tertiary/aromatic N) is 2. The van der Waals surface area contributed by atoms with Crippen molar-refractivity contribution >= 4 is 40.9 Å². The molecule has 3 amide bonds. The van der Waals surface area contributed by atoms with E-state index in [2.05, 4.69) is 29.4 Å². The lowest BCUT2D eigenvalue weighted by Crippen LogP contribution is -2.55. The van der Waals surface area contributed by atoms with Crippen LogP contribution in [0.2, 0.25) is 0 Å². The van der Waals surface area contributed by atoms with Crippen LogP contribution in [0.15, 0.2) is 24.3 Å². The Morgan fingerprint density at radius 2 is 1.86 bits per heavy atom. The third-order valence-corrected chi connectivity index (χ3v) is 10.1. The molecule has 4 rings (SSSR count). The van der Waals surface area contributed by atoms with E-state index in [0.717, 1.165) is 25.2 Å². The van der Waals surface area contributed by atoms with Gasteiger partial charge in [-0.05, 0) is 63.3 Å². The van der Waals surface area contributed by atoms with Crippen LogP contribution in [0.5, 0.6) is 0 Å². The minimum atomic E-state index is -0.738. The Hall–Kier alpha value is -2.26. The maximum Gasteiger partial charge on any atom is 0.248 e. The summed E-state index contributed by atoms with van der Waals surface area (Å²) in [5, 5.41) is 16.1. The fourth-order valence-corrected chi connectivity index (χ4v) is 8.83. The molecule has 1 spiro atoms. The molecule has 1 aromatic carbocycles. The second kappa shape index (κ2) is 10.6. The normalized spacial score (nSPS) is 29.4. The summed E-state index contributed by atoms with van der Waals surface area (Å²) < 4.78 is -0.658. The van der Waals surface area contributed by atoms with E-state index in [4.69, 9.17) is 0 Å². The van der Waals surface area contributed by atoms with Crippen LogP contribution in [-0.2, 0) is 14.4 Å². The van der Waals surface area contributed by atoms with Crippen molar-refractivity contribution in [2.24, 2.45) is 17.8 Å². The van der Waals surface area contributed by atoms with Gasteiger partial charge < -0.3 is 25.5 Å². The minimum absolute atomic E-state index is 0.0300. The highest BCUT2D eigenvalue weighted by atomic mass is 32.2. The number of hydrogen-bond acceptors (Lipinski definition) is 6. The Bertz CT molecular complexity index is 982. The number of carbonyl (C=O) groups is 3. The molecule has 0 aromatic heterocycles. The van der Waals surface area contributed by atoms with Crippen molar-refractivity contribution in [3.8, 4) is 0 Å². The molecule has 3 N–H and O–H groups in total. The van der Waals surface area contributed by atoms with Crippen LogP contribution in [-0.4, -0.2) is 76.6 Å². The first kappa shape index (κ1) is 26.8. The van der Waals surface area contributed by atoms with Crippen LogP contribution in [0.1, 0.15) is 47.0 Å². The van der Waals surface area contributed by atoms with E-state index in [1.807, 2.05) is 38.1 Å². The lowest BCUT2D eigenvalue weighted by molar-refractivity contribution is -0.142. The zero-order valence-electron chi connectivity index (χ0n) is 22.0. The van der Waals surface area contributed by atoms with Gasteiger partial charge in [0.1, 0.15) is 6.04 Å². The monoisotopic (exact) mass is 516 g/mol. The number of thioether (sulfide) groups is 1. The van der Waals surface area contributed by atoms with Crippen LogP contribution in [0.4, 0.5) is 11.4 Å². The number of aliphatic hydroxyl groups excluding tert-OH is 1. The SMILES string of the molecule is CCN(CC)c1ccc(NC(=O)C2N([C@@H](CO)CC(C)C)C(=O)[C@@H]3[C@@H](C(=O)NC)[C@H]4CCC23S4)cc1. The third-order valence-electron chi connectivity index (χ3n) is 8.15. The topological polar surface area (TPSA) is 102 Å². The van der Waals surface area contributed by atoms with Gasteiger partial charge in [-0.1, -0.05) is 13.8 Å². The molecule has 3 aliphatic heterocycles. The number of anilines is 2. The van der Waals surface area contributed by atoms with Gasteiger partial charge >= 0.3 is 0 Å². The molecule has 2 bridgehead atoms.